The van der Waals surface area contributed by atoms with Gasteiger partial charge in [0.05, 0.1) is 13.0 Å². The Bertz CT molecular complexity index is 403. The zero-order valence-corrected chi connectivity index (χ0v) is 11.6. The zero-order valence-electron chi connectivity index (χ0n) is 11.6. The molecule has 0 spiro atoms. The molecule has 1 aromatic rings. The van der Waals surface area contributed by atoms with Crippen LogP contribution < -0.4 is 15.4 Å². The molecule has 1 rings (SSSR count). The van der Waals surface area contributed by atoms with Gasteiger partial charge in [-0.25, -0.2) is 0 Å². The number of halogens is 3. The second kappa shape index (κ2) is 7.11. The summed E-state index contributed by atoms with van der Waals surface area (Å²) in [4.78, 5) is 11.9. The molecule has 0 aliphatic rings. The van der Waals surface area contributed by atoms with Gasteiger partial charge in [-0.2, -0.15) is 28.1 Å². The predicted octanol–water partition coefficient (Wildman–Crippen LogP) is 2.45. The summed E-state index contributed by atoms with van der Waals surface area (Å²) in [6.45, 7) is 5.95. The summed E-state index contributed by atoms with van der Waals surface area (Å²) in [5, 5.41) is 5.46. The van der Waals surface area contributed by atoms with Crippen LogP contribution in [0.3, 0.4) is 0 Å². The molecule has 0 saturated carbocycles. The Hall–Kier alpha value is -1.80. The van der Waals surface area contributed by atoms with E-state index in [0.29, 0.717) is 13.2 Å². The average Bonchev–Trinajstić information content (AvgIpc) is 2.26. The molecule has 0 amide bonds. The van der Waals surface area contributed by atoms with E-state index in [9.17, 15) is 13.2 Å². The second-order valence-electron chi connectivity index (χ2n) is 4.09. The van der Waals surface area contributed by atoms with Gasteiger partial charge in [0.1, 0.15) is 0 Å². The van der Waals surface area contributed by atoms with E-state index < -0.39 is 18.6 Å². The van der Waals surface area contributed by atoms with E-state index in [4.69, 9.17) is 4.74 Å². The SMILES string of the molecule is CCNc1nc(NC(C)CC(F)(F)F)nc(OCC)n1. The van der Waals surface area contributed by atoms with Crippen molar-refractivity contribution in [1.82, 2.24) is 15.0 Å². The molecule has 1 heterocycles. The van der Waals surface area contributed by atoms with Crippen LogP contribution in [-0.2, 0) is 0 Å². The first-order valence-electron chi connectivity index (χ1n) is 6.30. The van der Waals surface area contributed by atoms with Crippen LogP contribution >= 0.6 is 0 Å². The Morgan fingerprint density at radius 2 is 1.80 bits per heavy atom. The summed E-state index contributed by atoms with van der Waals surface area (Å²) >= 11 is 0. The number of anilines is 2. The molecule has 9 heteroatoms. The number of rotatable bonds is 7. The van der Waals surface area contributed by atoms with Crippen LogP contribution in [0.1, 0.15) is 27.2 Å². The molecule has 0 saturated heterocycles. The molecule has 1 atom stereocenters. The molecular formula is C11H18F3N5O. The van der Waals surface area contributed by atoms with Crippen molar-refractivity contribution in [2.75, 3.05) is 23.8 Å². The van der Waals surface area contributed by atoms with Crippen molar-refractivity contribution in [3.05, 3.63) is 0 Å². The lowest BCUT2D eigenvalue weighted by atomic mass is 10.2. The highest BCUT2D eigenvalue weighted by atomic mass is 19.4. The minimum atomic E-state index is -4.24. The maximum Gasteiger partial charge on any atom is 0.391 e. The topological polar surface area (TPSA) is 72.0 Å². The minimum Gasteiger partial charge on any atom is -0.464 e. The third-order valence-corrected chi connectivity index (χ3v) is 2.14. The van der Waals surface area contributed by atoms with Gasteiger partial charge >= 0.3 is 12.2 Å². The molecule has 2 N–H and O–H groups in total. The third-order valence-electron chi connectivity index (χ3n) is 2.14. The summed E-state index contributed by atoms with van der Waals surface area (Å²) < 4.78 is 42.0. The van der Waals surface area contributed by atoms with E-state index in [1.165, 1.54) is 6.92 Å². The first-order chi connectivity index (χ1) is 9.34. The highest BCUT2D eigenvalue weighted by molar-refractivity contribution is 5.36. The minimum absolute atomic E-state index is 0.0520. The van der Waals surface area contributed by atoms with Crippen molar-refractivity contribution in [2.45, 2.75) is 39.4 Å². The van der Waals surface area contributed by atoms with E-state index in [-0.39, 0.29) is 17.9 Å². The summed E-state index contributed by atoms with van der Waals surface area (Å²) in [5.41, 5.74) is 0. The summed E-state index contributed by atoms with van der Waals surface area (Å²) in [5.74, 6) is 0.309. The summed E-state index contributed by atoms with van der Waals surface area (Å²) in [6.07, 6.45) is -5.22. The molecular weight excluding hydrogens is 275 g/mol. The molecule has 0 fully saturated rings. The Kier molecular flexibility index (Phi) is 5.78. The van der Waals surface area contributed by atoms with Gasteiger partial charge in [0, 0.05) is 12.6 Å². The first kappa shape index (κ1) is 16.3. The fourth-order valence-corrected chi connectivity index (χ4v) is 1.47. The van der Waals surface area contributed by atoms with Crippen LogP contribution in [0.5, 0.6) is 6.01 Å². The van der Waals surface area contributed by atoms with E-state index in [2.05, 4.69) is 25.6 Å². The Labute approximate surface area is 115 Å². The quantitative estimate of drug-likeness (QED) is 0.804. The van der Waals surface area contributed by atoms with Crippen LogP contribution in [0.15, 0.2) is 0 Å². The molecule has 0 bridgehead atoms. The van der Waals surface area contributed by atoms with Gasteiger partial charge in [0.15, 0.2) is 0 Å². The molecule has 1 unspecified atom stereocenters. The van der Waals surface area contributed by atoms with Gasteiger partial charge in [-0.1, -0.05) is 0 Å². The fourth-order valence-electron chi connectivity index (χ4n) is 1.47. The van der Waals surface area contributed by atoms with E-state index in [0.717, 1.165) is 0 Å². The second-order valence-corrected chi connectivity index (χ2v) is 4.09. The van der Waals surface area contributed by atoms with E-state index >= 15 is 0 Å². The van der Waals surface area contributed by atoms with Crippen molar-refractivity contribution in [2.24, 2.45) is 0 Å². The standard InChI is InChI=1S/C11H18F3N5O/c1-4-15-8-17-9(19-10(18-8)20-5-2)16-7(3)6-11(12,13)14/h7H,4-6H2,1-3H3,(H2,15,16,17,18,19). The smallest absolute Gasteiger partial charge is 0.391 e. The number of alkyl halides is 3. The number of nitrogens with one attached hydrogen (secondary N) is 2. The van der Waals surface area contributed by atoms with Crippen molar-refractivity contribution in [3.8, 4) is 6.01 Å². The molecule has 1 aromatic heterocycles. The van der Waals surface area contributed by atoms with Crippen molar-refractivity contribution < 1.29 is 17.9 Å². The molecule has 0 radical (unpaired) electrons. The number of hydrogen-bond donors (Lipinski definition) is 2. The first-order valence-corrected chi connectivity index (χ1v) is 6.30. The van der Waals surface area contributed by atoms with Gasteiger partial charge in [-0.15, -0.1) is 0 Å². The lowest BCUT2D eigenvalue weighted by molar-refractivity contribution is -0.136. The number of hydrogen-bond acceptors (Lipinski definition) is 6. The van der Waals surface area contributed by atoms with Gasteiger partial charge in [0.2, 0.25) is 11.9 Å². The maximum atomic E-state index is 12.3. The highest BCUT2D eigenvalue weighted by Crippen LogP contribution is 2.23. The summed E-state index contributed by atoms with van der Waals surface area (Å²) in [6, 6.07) is -0.776. The Morgan fingerprint density at radius 1 is 1.15 bits per heavy atom. The van der Waals surface area contributed by atoms with Crippen LogP contribution in [0.25, 0.3) is 0 Å². The Morgan fingerprint density at radius 3 is 2.35 bits per heavy atom. The normalized spacial score (nSPS) is 12.9. The molecule has 114 valence electrons. The molecule has 0 aliphatic carbocycles. The van der Waals surface area contributed by atoms with Gasteiger partial charge in [-0.3, -0.25) is 0 Å². The maximum absolute atomic E-state index is 12.3. The van der Waals surface area contributed by atoms with Crippen molar-refractivity contribution >= 4 is 11.9 Å². The fraction of sp³-hybridized carbons (Fsp3) is 0.727. The molecule has 0 aliphatic heterocycles. The number of ether oxygens (including phenoxy) is 1. The monoisotopic (exact) mass is 293 g/mol. The van der Waals surface area contributed by atoms with E-state index in [1.54, 1.807) is 6.92 Å². The third kappa shape index (κ3) is 5.89. The van der Waals surface area contributed by atoms with Crippen LogP contribution in [0, 0.1) is 0 Å². The Balaban J connectivity index is 2.81. The van der Waals surface area contributed by atoms with Crippen LogP contribution in [0.4, 0.5) is 25.1 Å². The molecule has 0 aromatic carbocycles. The van der Waals surface area contributed by atoms with Crippen LogP contribution in [-0.4, -0.2) is 40.3 Å². The lowest BCUT2D eigenvalue weighted by Crippen LogP contribution is -2.25. The number of nitrogens with zero attached hydrogens (tertiary/aromatic N) is 3. The predicted molar refractivity (Wildman–Crippen MR) is 68.9 cm³/mol. The lowest BCUT2D eigenvalue weighted by Gasteiger charge is -2.16. The van der Waals surface area contributed by atoms with Gasteiger partial charge in [0.25, 0.3) is 0 Å². The van der Waals surface area contributed by atoms with E-state index in [1.807, 2.05) is 6.92 Å². The van der Waals surface area contributed by atoms with Crippen molar-refractivity contribution in [1.29, 1.82) is 0 Å². The number of aromatic nitrogens is 3. The molecule has 6 nitrogen and oxygen atoms in total. The van der Waals surface area contributed by atoms with Gasteiger partial charge in [-0.05, 0) is 20.8 Å². The van der Waals surface area contributed by atoms with Gasteiger partial charge < -0.3 is 15.4 Å². The van der Waals surface area contributed by atoms with Crippen molar-refractivity contribution in [3.63, 3.8) is 0 Å². The largest absolute Gasteiger partial charge is 0.464 e. The average molecular weight is 293 g/mol. The zero-order chi connectivity index (χ0) is 15.2. The highest BCUT2D eigenvalue weighted by Gasteiger charge is 2.30. The molecule has 20 heavy (non-hydrogen) atoms. The summed E-state index contributed by atoms with van der Waals surface area (Å²) in [7, 11) is 0. The van der Waals surface area contributed by atoms with Crippen LogP contribution in [0.2, 0.25) is 0 Å².